The number of amides is 1. The van der Waals surface area contributed by atoms with Crippen LogP contribution < -0.4 is 15.4 Å². The second kappa shape index (κ2) is 7.52. The van der Waals surface area contributed by atoms with Crippen LogP contribution in [0.15, 0.2) is 35.5 Å². The Labute approximate surface area is 139 Å². The Morgan fingerprint density at radius 1 is 1.43 bits per heavy atom. The summed E-state index contributed by atoms with van der Waals surface area (Å²) < 4.78 is 5.13. The van der Waals surface area contributed by atoms with Crippen LogP contribution in [0.1, 0.15) is 17.4 Å². The summed E-state index contributed by atoms with van der Waals surface area (Å²) in [7, 11) is 1.65. The zero-order valence-electron chi connectivity index (χ0n) is 13.0. The quantitative estimate of drug-likeness (QED) is 0.552. The van der Waals surface area contributed by atoms with E-state index in [1.165, 1.54) is 0 Å². The number of carbonyl (C=O) groups excluding carboxylic acids is 1. The van der Waals surface area contributed by atoms with Crippen LogP contribution in [0.25, 0.3) is 0 Å². The van der Waals surface area contributed by atoms with Gasteiger partial charge in [0.15, 0.2) is 0 Å². The van der Waals surface area contributed by atoms with E-state index in [1.807, 2.05) is 24.3 Å². The first kappa shape index (κ1) is 15.9. The third-order valence-electron chi connectivity index (χ3n) is 3.74. The van der Waals surface area contributed by atoms with Crippen LogP contribution in [-0.2, 0) is 11.2 Å². The molecule has 0 bridgehead atoms. The number of carbonyl (C=O) groups is 1. The summed E-state index contributed by atoms with van der Waals surface area (Å²) in [6.07, 6.45) is 2.53. The minimum absolute atomic E-state index is 0.0200. The van der Waals surface area contributed by atoms with Gasteiger partial charge in [-0.05, 0) is 24.3 Å². The second-order valence-electron chi connectivity index (χ2n) is 5.22. The van der Waals surface area contributed by atoms with E-state index in [9.17, 15) is 4.79 Å². The molecule has 1 atom stereocenters. The van der Waals surface area contributed by atoms with Gasteiger partial charge in [0.25, 0.3) is 0 Å². The molecule has 1 amide bonds. The molecular weight excluding hydrogens is 312 g/mol. The molecule has 0 saturated carbocycles. The Kier molecular flexibility index (Phi) is 5.19. The lowest BCUT2D eigenvalue weighted by molar-refractivity contribution is -0.123. The molecule has 1 aliphatic heterocycles. The summed E-state index contributed by atoms with van der Waals surface area (Å²) in [6.45, 7) is 1.40. The first-order valence-electron chi connectivity index (χ1n) is 7.58. The fourth-order valence-corrected chi connectivity index (χ4v) is 3.32. The zero-order valence-corrected chi connectivity index (χ0v) is 13.8. The number of rotatable bonds is 6. The highest BCUT2D eigenvalue weighted by Crippen LogP contribution is 2.21. The van der Waals surface area contributed by atoms with Crippen molar-refractivity contribution in [1.29, 1.82) is 0 Å². The molecule has 0 saturated heterocycles. The monoisotopic (exact) mass is 332 g/mol. The van der Waals surface area contributed by atoms with Gasteiger partial charge in [-0.25, -0.2) is 4.98 Å². The van der Waals surface area contributed by atoms with Crippen LogP contribution in [0.5, 0.6) is 5.75 Å². The maximum atomic E-state index is 12.3. The SMILES string of the molecule is COc1ccc(SCCNC(=O)[C@@H]2NCCc3[nH]cnc32)cc1. The van der Waals surface area contributed by atoms with E-state index < -0.39 is 0 Å². The minimum Gasteiger partial charge on any atom is -0.497 e. The van der Waals surface area contributed by atoms with Crippen molar-refractivity contribution in [3.05, 3.63) is 42.0 Å². The highest BCUT2D eigenvalue weighted by atomic mass is 32.2. The highest BCUT2D eigenvalue weighted by Gasteiger charge is 2.27. The number of fused-ring (bicyclic) bond motifs is 1. The van der Waals surface area contributed by atoms with Gasteiger partial charge in [-0.15, -0.1) is 11.8 Å². The Morgan fingerprint density at radius 3 is 3.04 bits per heavy atom. The molecule has 7 heteroatoms. The highest BCUT2D eigenvalue weighted by molar-refractivity contribution is 7.99. The molecule has 2 aromatic rings. The van der Waals surface area contributed by atoms with Crippen LogP contribution in [-0.4, -0.2) is 41.8 Å². The molecule has 23 heavy (non-hydrogen) atoms. The Balaban J connectivity index is 1.45. The molecule has 2 heterocycles. The lowest BCUT2D eigenvalue weighted by atomic mass is 10.1. The Morgan fingerprint density at radius 2 is 2.26 bits per heavy atom. The molecular formula is C16H20N4O2S. The largest absolute Gasteiger partial charge is 0.497 e. The molecule has 1 aliphatic rings. The Hall–Kier alpha value is -1.99. The average Bonchev–Trinajstić information content (AvgIpc) is 3.07. The summed E-state index contributed by atoms with van der Waals surface area (Å²) in [5.74, 6) is 1.65. The smallest absolute Gasteiger partial charge is 0.243 e. The van der Waals surface area contributed by atoms with Crippen molar-refractivity contribution in [1.82, 2.24) is 20.6 Å². The number of thioether (sulfide) groups is 1. The van der Waals surface area contributed by atoms with Gasteiger partial charge >= 0.3 is 0 Å². The summed E-state index contributed by atoms with van der Waals surface area (Å²) in [5.41, 5.74) is 1.87. The van der Waals surface area contributed by atoms with Crippen LogP contribution in [0.2, 0.25) is 0 Å². The molecule has 0 spiro atoms. The number of benzene rings is 1. The second-order valence-corrected chi connectivity index (χ2v) is 6.39. The van der Waals surface area contributed by atoms with Crippen LogP contribution >= 0.6 is 11.8 Å². The number of methoxy groups -OCH3 is 1. The fourth-order valence-electron chi connectivity index (χ4n) is 2.55. The van der Waals surface area contributed by atoms with Crippen molar-refractivity contribution in [3.8, 4) is 5.75 Å². The van der Waals surface area contributed by atoms with Gasteiger partial charge in [-0.3, -0.25) is 4.79 Å². The molecule has 1 aromatic heterocycles. The van der Waals surface area contributed by atoms with E-state index in [1.54, 1.807) is 25.2 Å². The summed E-state index contributed by atoms with van der Waals surface area (Å²) in [6, 6.07) is 7.56. The minimum atomic E-state index is -0.351. The predicted molar refractivity (Wildman–Crippen MR) is 89.8 cm³/mol. The van der Waals surface area contributed by atoms with Gasteiger partial charge < -0.3 is 20.4 Å². The molecule has 0 radical (unpaired) electrons. The van der Waals surface area contributed by atoms with E-state index in [-0.39, 0.29) is 11.9 Å². The molecule has 6 nitrogen and oxygen atoms in total. The third-order valence-corrected chi connectivity index (χ3v) is 4.75. The van der Waals surface area contributed by atoms with Gasteiger partial charge in [0.1, 0.15) is 11.8 Å². The number of hydrogen-bond acceptors (Lipinski definition) is 5. The maximum Gasteiger partial charge on any atom is 0.243 e. The van der Waals surface area contributed by atoms with Crippen molar-refractivity contribution in [2.75, 3.05) is 26.0 Å². The summed E-state index contributed by atoms with van der Waals surface area (Å²) >= 11 is 1.70. The molecule has 0 unspecified atom stereocenters. The first-order valence-corrected chi connectivity index (χ1v) is 8.56. The average molecular weight is 332 g/mol. The fraction of sp³-hybridized carbons (Fsp3) is 0.375. The summed E-state index contributed by atoms with van der Waals surface area (Å²) in [4.78, 5) is 20.8. The summed E-state index contributed by atoms with van der Waals surface area (Å²) in [5, 5.41) is 6.19. The van der Waals surface area contributed by atoms with Gasteiger partial charge in [-0.2, -0.15) is 0 Å². The van der Waals surface area contributed by atoms with Crippen molar-refractivity contribution in [3.63, 3.8) is 0 Å². The molecule has 0 aliphatic carbocycles. The lowest BCUT2D eigenvalue weighted by Gasteiger charge is -2.22. The van der Waals surface area contributed by atoms with Crippen molar-refractivity contribution in [2.24, 2.45) is 0 Å². The van der Waals surface area contributed by atoms with Gasteiger partial charge in [0, 0.05) is 35.9 Å². The first-order chi connectivity index (χ1) is 11.3. The standard InChI is InChI=1S/C16H20N4O2S/c1-22-11-2-4-12(5-3-11)23-9-8-18-16(21)15-14-13(6-7-17-15)19-10-20-14/h2-5,10,15,17H,6-9H2,1H3,(H,18,21)(H,19,20)/t15-/m1/s1. The number of hydrogen-bond donors (Lipinski definition) is 3. The van der Waals surface area contributed by atoms with Crippen molar-refractivity contribution < 1.29 is 9.53 Å². The number of aromatic amines is 1. The van der Waals surface area contributed by atoms with E-state index in [2.05, 4.69) is 20.6 Å². The topological polar surface area (TPSA) is 79.0 Å². The van der Waals surface area contributed by atoms with E-state index in [0.29, 0.717) is 6.54 Å². The van der Waals surface area contributed by atoms with E-state index >= 15 is 0 Å². The molecule has 122 valence electrons. The van der Waals surface area contributed by atoms with Crippen LogP contribution in [0, 0.1) is 0 Å². The number of nitrogens with zero attached hydrogens (tertiary/aromatic N) is 1. The number of ether oxygens (including phenoxy) is 1. The number of imidazole rings is 1. The van der Waals surface area contributed by atoms with Gasteiger partial charge in [0.2, 0.25) is 5.91 Å². The third kappa shape index (κ3) is 3.86. The van der Waals surface area contributed by atoms with E-state index in [0.717, 1.165) is 40.8 Å². The van der Waals surface area contributed by atoms with Crippen molar-refractivity contribution in [2.45, 2.75) is 17.4 Å². The normalized spacial score (nSPS) is 16.7. The Bertz CT molecular complexity index is 656. The molecule has 3 N–H and O–H groups in total. The zero-order chi connectivity index (χ0) is 16.1. The van der Waals surface area contributed by atoms with E-state index in [4.69, 9.17) is 4.74 Å². The van der Waals surface area contributed by atoms with Crippen molar-refractivity contribution >= 4 is 17.7 Å². The van der Waals surface area contributed by atoms with Crippen LogP contribution in [0.3, 0.4) is 0 Å². The number of aromatic nitrogens is 2. The number of nitrogens with one attached hydrogen (secondary N) is 3. The lowest BCUT2D eigenvalue weighted by Crippen LogP contribution is -2.42. The predicted octanol–water partition coefficient (Wildman–Crippen LogP) is 1.51. The number of H-pyrrole nitrogens is 1. The van der Waals surface area contributed by atoms with Gasteiger partial charge in [-0.1, -0.05) is 0 Å². The molecule has 0 fully saturated rings. The molecule has 3 rings (SSSR count). The maximum absolute atomic E-state index is 12.3. The molecule has 1 aromatic carbocycles. The van der Waals surface area contributed by atoms with Gasteiger partial charge in [0.05, 0.1) is 19.1 Å². The van der Waals surface area contributed by atoms with Crippen LogP contribution in [0.4, 0.5) is 0 Å².